The summed E-state index contributed by atoms with van der Waals surface area (Å²) in [4.78, 5) is 23.6. The van der Waals surface area contributed by atoms with Crippen LogP contribution in [0.25, 0.3) is 10.6 Å². The highest BCUT2D eigenvalue weighted by molar-refractivity contribution is 7.13. The Hall–Kier alpha value is -2.77. The number of carbonyl (C=O) groups is 1. The van der Waals surface area contributed by atoms with Crippen molar-refractivity contribution in [2.24, 2.45) is 0 Å². The summed E-state index contributed by atoms with van der Waals surface area (Å²) in [5.41, 5.74) is 3.73. The molecule has 6 nitrogen and oxygen atoms in total. The van der Waals surface area contributed by atoms with Crippen LogP contribution < -0.4 is 10.2 Å². The van der Waals surface area contributed by atoms with E-state index in [4.69, 9.17) is 4.74 Å². The van der Waals surface area contributed by atoms with Crippen LogP contribution in [0.4, 0.5) is 5.69 Å². The Bertz CT molecular complexity index is 923. The summed E-state index contributed by atoms with van der Waals surface area (Å²) in [6, 6.07) is 11.7. The number of aromatic nitrogens is 2. The third-order valence-corrected chi connectivity index (χ3v) is 5.59. The minimum absolute atomic E-state index is 0.0494. The summed E-state index contributed by atoms with van der Waals surface area (Å²) < 4.78 is 5.42. The maximum absolute atomic E-state index is 12.7. The first-order valence-corrected chi connectivity index (χ1v) is 10.2. The van der Waals surface area contributed by atoms with Gasteiger partial charge in [-0.3, -0.25) is 9.78 Å². The predicted molar refractivity (Wildman–Crippen MR) is 111 cm³/mol. The van der Waals surface area contributed by atoms with E-state index in [0.29, 0.717) is 31.7 Å². The van der Waals surface area contributed by atoms with Gasteiger partial charge < -0.3 is 15.0 Å². The van der Waals surface area contributed by atoms with Gasteiger partial charge in [0.05, 0.1) is 24.5 Å². The number of thiazole rings is 1. The van der Waals surface area contributed by atoms with Crippen LogP contribution in [-0.4, -0.2) is 48.7 Å². The first-order chi connectivity index (χ1) is 13.8. The molecule has 1 aliphatic heterocycles. The standard InChI is InChI=1S/C21H22N4O2S/c26-20(18-3-1-2-4-19(18)25-11-13-27-14-12-25)23-10-7-17-15-28-21(24-17)16-5-8-22-9-6-16/h1-6,8-9,15H,7,10-14H2,(H,23,26). The summed E-state index contributed by atoms with van der Waals surface area (Å²) in [6.07, 6.45) is 4.23. The fourth-order valence-corrected chi connectivity index (χ4v) is 4.05. The van der Waals surface area contributed by atoms with Crippen molar-refractivity contribution >= 4 is 22.9 Å². The molecular weight excluding hydrogens is 372 g/mol. The van der Waals surface area contributed by atoms with Crippen LogP contribution in [0.1, 0.15) is 16.1 Å². The molecule has 1 fully saturated rings. The second kappa shape index (κ2) is 8.95. The number of para-hydroxylation sites is 1. The molecule has 0 atom stereocenters. The third-order valence-electron chi connectivity index (χ3n) is 4.65. The Morgan fingerprint density at radius 3 is 2.75 bits per heavy atom. The van der Waals surface area contributed by atoms with Gasteiger partial charge in [-0.05, 0) is 24.3 Å². The monoisotopic (exact) mass is 394 g/mol. The Kier molecular flexibility index (Phi) is 5.94. The van der Waals surface area contributed by atoms with Gasteiger partial charge in [0.2, 0.25) is 0 Å². The second-order valence-electron chi connectivity index (χ2n) is 6.50. The van der Waals surface area contributed by atoms with Crippen molar-refractivity contribution in [3.63, 3.8) is 0 Å². The van der Waals surface area contributed by atoms with Crippen LogP contribution in [0.2, 0.25) is 0 Å². The van der Waals surface area contributed by atoms with Gasteiger partial charge in [0, 0.05) is 55.1 Å². The average Bonchev–Trinajstić information content (AvgIpc) is 3.24. The van der Waals surface area contributed by atoms with Gasteiger partial charge in [0.1, 0.15) is 5.01 Å². The van der Waals surface area contributed by atoms with Crippen LogP contribution in [0.5, 0.6) is 0 Å². The molecule has 1 saturated heterocycles. The van der Waals surface area contributed by atoms with Crippen LogP contribution in [0.3, 0.4) is 0 Å². The number of anilines is 1. The van der Waals surface area contributed by atoms with Gasteiger partial charge in [-0.2, -0.15) is 0 Å². The number of morpholine rings is 1. The van der Waals surface area contributed by atoms with Crippen LogP contribution >= 0.6 is 11.3 Å². The first-order valence-electron chi connectivity index (χ1n) is 9.36. The number of nitrogens with zero attached hydrogens (tertiary/aromatic N) is 3. The fourth-order valence-electron chi connectivity index (χ4n) is 3.19. The van der Waals surface area contributed by atoms with Crippen molar-refractivity contribution in [1.82, 2.24) is 15.3 Å². The molecule has 0 spiro atoms. The van der Waals surface area contributed by atoms with E-state index >= 15 is 0 Å². The molecule has 1 aromatic carbocycles. The van der Waals surface area contributed by atoms with Crippen molar-refractivity contribution in [2.75, 3.05) is 37.7 Å². The summed E-state index contributed by atoms with van der Waals surface area (Å²) in [5, 5.41) is 6.05. The fraction of sp³-hybridized carbons (Fsp3) is 0.286. The Morgan fingerprint density at radius 2 is 1.93 bits per heavy atom. The molecule has 1 amide bonds. The molecule has 0 unspecified atom stereocenters. The predicted octanol–water partition coefficient (Wildman–Crippen LogP) is 3.01. The van der Waals surface area contributed by atoms with E-state index in [0.717, 1.165) is 35.0 Å². The van der Waals surface area contributed by atoms with E-state index in [1.807, 2.05) is 41.8 Å². The molecule has 0 bridgehead atoms. The Morgan fingerprint density at radius 1 is 1.14 bits per heavy atom. The van der Waals surface area contributed by atoms with Crippen LogP contribution in [0.15, 0.2) is 54.2 Å². The van der Waals surface area contributed by atoms with Gasteiger partial charge >= 0.3 is 0 Å². The van der Waals surface area contributed by atoms with Crippen LogP contribution in [-0.2, 0) is 11.2 Å². The molecule has 1 aliphatic rings. The highest BCUT2D eigenvalue weighted by Gasteiger charge is 2.18. The number of amides is 1. The smallest absolute Gasteiger partial charge is 0.253 e. The minimum Gasteiger partial charge on any atom is -0.378 e. The number of nitrogens with one attached hydrogen (secondary N) is 1. The highest BCUT2D eigenvalue weighted by Crippen LogP contribution is 2.23. The quantitative estimate of drug-likeness (QED) is 0.696. The number of ether oxygens (including phenoxy) is 1. The molecule has 7 heteroatoms. The van der Waals surface area contributed by atoms with Gasteiger partial charge in [-0.1, -0.05) is 12.1 Å². The van der Waals surface area contributed by atoms with Crippen molar-refractivity contribution < 1.29 is 9.53 Å². The number of hydrogen-bond acceptors (Lipinski definition) is 6. The normalized spacial score (nSPS) is 14.1. The lowest BCUT2D eigenvalue weighted by Crippen LogP contribution is -2.38. The van der Waals surface area contributed by atoms with Crippen molar-refractivity contribution in [1.29, 1.82) is 0 Å². The molecule has 2 aromatic heterocycles. The number of pyridine rings is 1. The lowest BCUT2D eigenvalue weighted by Gasteiger charge is -2.30. The van der Waals surface area contributed by atoms with Crippen LogP contribution in [0, 0.1) is 0 Å². The van der Waals surface area contributed by atoms with Crippen molar-refractivity contribution in [3.8, 4) is 10.6 Å². The SMILES string of the molecule is O=C(NCCc1csc(-c2ccncc2)n1)c1ccccc1N1CCOCC1. The summed E-state index contributed by atoms with van der Waals surface area (Å²) >= 11 is 1.61. The number of hydrogen-bond donors (Lipinski definition) is 1. The van der Waals surface area contributed by atoms with Crippen molar-refractivity contribution in [3.05, 3.63) is 65.4 Å². The van der Waals surface area contributed by atoms with E-state index in [9.17, 15) is 4.79 Å². The highest BCUT2D eigenvalue weighted by atomic mass is 32.1. The van der Waals surface area contributed by atoms with Gasteiger partial charge in [-0.15, -0.1) is 11.3 Å². The molecular formula is C21H22N4O2S. The second-order valence-corrected chi connectivity index (χ2v) is 7.36. The summed E-state index contributed by atoms with van der Waals surface area (Å²) in [7, 11) is 0. The summed E-state index contributed by atoms with van der Waals surface area (Å²) in [6.45, 7) is 3.55. The minimum atomic E-state index is -0.0494. The van der Waals surface area contributed by atoms with E-state index in [1.54, 1.807) is 23.7 Å². The van der Waals surface area contributed by atoms with E-state index in [-0.39, 0.29) is 5.91 Å². The van der Waals surface area contributed by atoms with Gasteiger partial charge in [-0.25, -0.2) is 4.98 Å². The zero-order valence-corrected chi connectivity index (χ0v) is 16.3. The molecule has 144 valence electrons. The van der Waals surface area contributed by atoms with Gasteiger partial charge in [0.25, 0.3) is 5.91 Å². The maximum atomic E-state index is 12.7. The number of carbonyl (C=O) groups excluding carboxylic acids is 1. The number of rotatable bonds is 6. The van der Waals surface area contributed by atoms with E-state index < -0.39 is 0 Å². The largest absolute Gasteiger partial charge is 0.378 e. The van der Waals surface area contributed by atoms with E-state index in [1.165, 1.54) is 0 Å². The van der Waals surface area contributed by atoms with E-state index in [2.05, 4.69) is 20.2 Å². The first kappa shape index (κ1) is 18.6. The molecule has 3 heterocycles. The summed E-state index contributed by atoms with van der Waals surface area (Å²) in [5.74, 6) is -0.0494. The molecule has 0 aliphatic carbocycles. The van der Waals surface area contributed by atoms with Crippen molar-refractivity contribution in [2.45, 2.75) is 6.42 Å². The molecule has 28 heavy (non-hydrogen) atoms. The topological polar surface area (TPSA) is 67.4 Å². The zero-order valence-electron chi connectivity index (χ0n) is 15.5. The lowest BCUT2D eigenvalue weighted by molar-refractivity contribution is 0.0952. The molecule has 0 radical (unpaired) electrons. The molecule has 4 rings (SSSR count). The third kappa shape index (κ3) is 4.37. The average molecular weight is 395 g/mol. The lowest BCUT2D eigenvalue weighted by atomic mass is 10.1. The molecule has 1 N–H and O–H groups in total. The zero-order chi connectivity index (χ0) is 19.2. The molecule has 0 saturated carbocycles. The Labute approximate surface area is 168 Å². The van der Waals surface area contributed by atoms with Gasteiger partial charge in [0.15, 0.2) is 0 Å². The maximum Gasteiger partial charge on any atom is 0.253 e. The molecule has 3 aromatic rings. The number of benzene rings is 1. The Balaban J connectivity index is 1.36.